The molecule has 3 atom stereocenters. The lowest BCUT2D eigenvalue weighted by molar-refractivity contribution is -0.139. The third kappa shape index (κ3) is 9.60. The highest BCUT2D eigenvalue weighted by molar-refractivity contribution is 7.88. The third-order valence-corrected chi connectivity index (χ3v) is 6.57. The molecule has 1 fully saturated rings. The van der Waals surface area contributed by atoms with Crippen molar-refractivity contribution in [3.8, 4) is 0 Å². The van der Waals surface area contributed by atoms with Crippen molar-refractivity contribution in [1.82, 2.24) is 14.9 Å². The molecular weight excluding hydrogens is 510 g/mol. The van der Waals surface area contributed by atoms with Gasteiger partial charge in [0.1, 0.15) is 17.9 Å². The molecule has 3 rings (SSSR count). The van der Waals surface area contributed by atoms with E-state index in [9.17, 15) is 18.0 Å². The first kappa shape index (κ1) is 30.5. The van der Waals surface area contributed by atoms with Gasteiger partial charge in [-0.15, -0.1) is 0 Å². The molecule has 1 saturated heterocycles. The summed E-state index contributed by atoms with van der Waals surface area (Å²) in [5.41, 5.74) is 7.75. The van der Waals surface area contributed by atoms with Crippen molar-refractivity contribution in [3.05, 3.63) is 71.3 Å². The van der Waals surface area contributed by atoms with E-state index >= 15 is 0 Å². The standard InChI is InChI=1S/C24H31N5O4S.C2H4O2/c1-16(18-10-12-19(13-11-18)22(25)26)27-23(30)21-9-6-14-29(21)24(31)20(28-34(2,32)33)15-17-7-4-3-5-8-17;1-2(3)4/h3-5,7-8,10-13,16,20-21,28H,6,9,14-15H2,1-2H3,(H3,25,26)(H,27,30);1H3,(H,3,4)/t16?,20-,21-;/m0./s1. The summed E-state index contributed by atoms with van der Waals surface area (Å²) in [6.07, 6.45) is 2.37. The summed E-state index contributed by atoms with van der Waals surface area (Å²) in [5.74, 6) is -1.56. The molecule has 2 amide bonds. The second-order valence-corrected chi connectivity index (χ2v) is 10.9. The van der Waals surface area contributed by atoms with Crippen LogP contribution >= 0.6 is 0 Å². The molecule has 0 aromatic heterocycles. The maximum absolute atomic E-state index is 13.4. The summed E-state index contributed by atoms with van der Waals surface area (Å²) in [6.45, 7) is 3.31. The first-order valence-corrected chi connectivity index (χ1v) is 13.9. The van der Waals surface area contributed by atoms with Gasteiger partial charge in [-0.05, 0) is 37.3 Å². The van der Waals surface area contributed by atoms with Gasteiger partial charge in [0.05, 0.1) is 12.3 Å². The number of carbonyl (C=O) groups excluding carboxylic acids is 2. The van der Waals surface area contributed by atoms with Crippen LogP contribution in [0.1, 0.15) is 49.4 Å². The van der Waals surface area contributed by atoms with E-state index in [2.05, 4.69) is 10.0 Å². The van der Waals surface area contributed by atoms with Gasteiger partial charge in [-0.1, -0.05) is 54.6 Å². The van der Waals surface area contributed by atoms with Crippen LogP contribution in [-0.2, 0) is 30.8 Å². The van der Waals surface area contributed by atoms with E-state index in [0.717, 1.165) is 24.3 Å². The van der Waals surface area contributed by atoms with E-state index in [1.165, 1.54) is 4.90 Å². The number of hydrogen-bond acceptors (Lipinski definition) is 6. The van der Waals surface area contributed by atoms with E-state index in [-0.39, 0.29) is 24.2 Å². The molecule has 0 aliphatic carbocycles. The number of nitrogens with two attached hydrogens (primary N) is 1. The number of rotatable bonds is 9. The quantitative estimate of drug-likeness (QED) is 0.233. The number of nitrogen functional groups attached to an aromatic ring is 1. The number of amidine groups is 1. The average molecular weight is 546 g/mol. The van der Waals surface area contributed by atoms with Crippen LogP contribution < -0.4 is 15.8 Å². The van der Waals surface area contributed by atoms with Crippen LogP contribution in [0.25, 0.3) is 0 Å². The molecule has 12 heteroatoms. The molecule has 0 bridgehead atoms. The Bertz CT molecular complexity index is 1230. The molecule has 1 heterocycles. The van der Waals surface area contributed by atoms with Crippen molar-refractivity contribution in [1.29, 1.82) is 5.41 Å². The zero-order chi connectivity index (χ0) is 28.5. The molecule has 0 spiro atoms. The highest BCUT2D eigenvalue weighted by Gasteiger charge is 2.38. The van der Waals surface area contributed by atoms with Crippen LogP contribution in [0.5, 0.6) is 0 Å². The molecule has 2 aromatic rings. The lowest BCUT2D eigenvalue weighted by atomic mass is 10.0. The molecule has 1 aliphatic heterocycles. The van der Waals surface area contributed by atoms with Gasteiger partial charge in [0.2, 0.25) is 21.8 Å². The molecule has 1 unspecified atom stereocenters. The van der Waals surface area contributed by atoms with Gasteiger partial charge in [0.25, 0.3) is 5.97 Å². The zero-order valence-electron chi connectivity index (χ0n) is 21.7. The molecule has 1 aliphatic rings. The van der Waals surface area contributed by atoms with Crippen LogP contribution in [0.15, 0.2) is 54.6 Å². The Morgan fingerprint density at radius 3 is 2.24 bits per heavy atom. The van der Waals surface area contributed by atoms with E-state index in [0.29, 0.717) is 24.9 Å². The second-order valence-electron chi connectivity index (χ2n) is 9.11. The van der Waals surface area contributed by atoms with Crippen LogP contribution in [0, 0.1) is 5.41 Å². The van der Waals surface area contributed by atoms with Crippen molar-refractivity contribution < 1.29 is 27.9 Å². The number of benzene rings is 2. The summed E-state index contributed by atoms with van der Waals surface area (Å²) in [7, 11) is -3.64. The van der Waals surface area contributed by atoms with E-state index in [4.69, 9.17) is 21.0 Å². The Labute approximate surface area is 223 Å². The zero-order valence-corrected chi connectivity index (χ0v) is 22.5. The number of nitrogens with zero attached hydrogens (tertiary/aromatic N) is 1. The predicted octanol–water partition coefficient (Wildman–Crippen LogP) is 1.39. The fourth-order valence-corrected chi connectivity index (χ4v) is 4.84. The fraction of sp³-hybridized carbons (Fsp3) is 0.385. The summed E-state index contributed by atoms with van der Waals surface area (Å²) in [4.78, 5) is 37.0. The van der Waals surface area contributed by atoms with Gasteiger partial charge < -0.3 is 21.1 Å². The minimum Gasteiger partial charge on any atom is -0.481 e. The van der Waals surface area contributed by atoms with Crippen LogP contribution in [0.4, 0.5) is 0 Å². The highest BCUT2D eigenvalue weighted by atomic mass is 32.2. The Kier molecular flexibility index (Phi) is 11.0. The normalized spacial score (nSPS) is 16.5. The number of hydrogen-bond donors (Lipinski definition) is 5. The number of likely N-dealkylation sites (tertiary alicyclic amines) is 1. The van der Waals surface area contributed by atoms with Gasteiger partial charge in [0.15, 0.2) is 0 Å². The van der Waals surface area contributed by atoms with Crippen molar-refractivity contribution in [3.63, 3.8) is 0 Å². The van der Waals surface area contributed by atoms with Crippen molar-refractivity contribution in [2.75, 3.05) is 12.8 Å². The predicted molar refractivity (Wildman–Crippen MR) is 144 cm³/mol. The van der Waals surface area contributed by atoms with Crippen molar-refractivity contribution >= 4 is 33.6 Å². The van der Waals surface area contributed by atoms with Crippen molar-refractivity contribution in [2.45, 2.75) is 51.2 Å². The Morgan fingerprint density at radius 2 is 1.71 bits per heavy atom. The number of amides is 2. The van der Waals surface area contributed by atoms with E-state index in [1.54, 1.807) is 24.3 Å². The van der Waals surface area contributed by atoms with Crippen LogP contribution in [-0.4, -0.2) is 66.9 Å². The van der Waals surface area contributed by atoms with Crippen LogP contribution in [0.3, 0.4) is 0 Å². The summed E-state index contributed by atoms with van der Waals surface area (Å²) < 4.78 is 26.3. The second kappa shape index (κ2) is 13.7. The molecule has 38 heavy (non-hydrogen) atoms. The fourth-order valence-electron chi connectivity index (χ4n) is 4.14. The first-order valence-electron chi connectivity index (χ1n) is 12.0. The number of carboxylic acid groups (broad SMARTS) is 1. The number of sulfonamides is 1. The Hall–Kier alpha value is -3.77. The van der Waals surface area contributed by atoms with E-state index in [1.807, 2.05) is 37.3 Å². The van der Waals surface area contributed by atoms with Gasteiger partial charge in [-0.25, -0.2) is 13.1 Å². The minimum atomic E-state index is -3.64. The smallest absolute Gasteiger partial charge is 0.300 e. The maximum atomic E-state index is 13.4. The lowest BCUT2D eigenvalue weighted by Gasteiger charge is -2.29. The molecule has 0 saturated carbocycles. The monoisotopic (exact) mass is 545 g/mol. The van der Waals surface area contributed by atoms with E-state index < -0.39 is 34.0 Å². The van der Waals surface area contributed by atoms with Crippen molar-refractivity contribution in [2.24, 2.45) is 5.73 Å². The molecule has 11 nitrogen and oxygen atoms in total. The summed E-state index contributed by atoms with van der Waals surface area (Å²) in [6, 6.07) is 14.2. The maximum Gasteiger partial charge on any atom is 0.300 e. The summed E-state index contributed by atoms with van der Waals surface area (Å²) in [5, 5.41) is 17.9. The number of carboxylic acids is 1. The SMILES string of the molecule is CC(=O)O.CC(NC(=O)[C@@H]1CCCN1C(=O)[C@H](Cc1ccccc1)NS(C)(=O)=O)c1ccc(C(=N)N)cc1. The summed E-state index contributed by atoms with van der Waals surface area (Å²) >= 11 is 0. The third-order valence-electron chi connectivity index (χ3n) is 5.86. The molecular formula is C26H35N5O6S. The topological polar surface area (TPSA) is 183 Å². The Morgan fingerprint density at radius 1 is 1.13 bits per heavy atom. The van der Waals surface area contributed by atoms with Gasteiger partial charge in [0, 0.05) is 19.0 Å². The number of carbonyl (C=O) groups is 3. The molecule has 6 N–H and O–H groups in total. The largest absolute Gasteiger partial charge is 0.481 e. The van der Waals surface area contributed by atoms with Crippen LogP contribution in [0.2, 0.25) is 0 Å². The van der Waals surface area contributed by atoms with Gasteiger partial charge >= 0.3 is 0 Å². The highest BCUT2D eigenvalue weighted by Crippen LogP contribution is 2.22. The molecule has 2 aromatic carbocycles. The number of nitrogens with one attached hydrogen (secondary N) is 3. The first-order chi connectivity index (χ1) is 17.8. The molecule has 0 radical (unpaired) electrons. The lowest BCUT2D eigenvalue weighted by Crippen LogP contribution is -2.54. The van der Waals surface area contributed by atoms with Gasteiger partial charge in [-0.3, -0.25) is 19.8 Å². The average Bonchev–Trinajstić information content (AvgIpc) is 3.33. The van der Waals surface area contributed by atoms with Gasteiger partial charge in [-0.2, -0.15) is 0 Å². The minimum absolute atomic E-state index is 0.0314. The number of aliphatic carboxylic acids is 1. The Balaban J connectivity index is 0.00000118. The molecule has 206 valence electrons.